The first-order valence-corrected chi connectivity index (χ1v) is 9.57. The minimum atomic E-state index is -0.129. The molecule has 0 spiro atoms. The van der Waals surface area contributed by atoms with E-state index >= 15 is 0 Å². The Morgan fingerprint density at radius 1 is 1.37 bits per heavy atom. The molecule has 1 amide bonds. The molecule has 8 heteroatoms. The molecule has 0 bridgehead atoms. The van der Waals surface area contributed by atoms with Gasteiger partial charge in [0, 0.05) is 25.5 Å². The zero-order valence-electron chi connectivity index (χ0n) is 15.4. The molecule has 0 aromatic carbocycles. The number of carbonyl (C=O) groups excluding carboxylic acids is 1. The third-order valence-corrected chi connectivity index (χ3v) is 5.28. The van der Waals surface area contributed by atoms with Gasteiger partial charge >= 0.3 is 0 Å². The van der Waals surface area contributed by atoms with E-state index in [4.69, 9.17) is 4.98 Å². The lowest BCUT2D eigenvalue weighted by atomic mass is 10.1. The van der Waals surface area contributed by atoms with Gasteiger partial charge in [-0.15, -0.1) is 11.3 Å². The van der Waals surface area contributed by atoms with E-state index < -0.39 is 0 Å². The maximum atomic E-state index is 13.1. The first-order valence-electron chi connectivity index (χ1n) is 8.69. The number of aromatic nitrogens is 5. The lowest BCUT2D eigenvalue weighted by Crippen LogP contribution is -2.36. The highest BCUT2D eigenvalue weighted by Crippen LogP contribution is 2.29. The van der Waals surface area contributed by atoms with E-state index in [-0.39, 0.29) is 11.9 Å². The number of fused-ring (bicyclic) bond motifs is 1. The van der Waals surface area contributed by atoms with Crippen LogP contribution in [0, 0.1) is 6.92 Å². The van der Waals surface area contributed by atoms with Gasteiger partial charge in [0.2, 0.25) is 0 Å². The highest BCUT2D eigenvalue weighted by atomic mass is 32.1. The summed E-state index contributed by atoms with van der Waals surface area (Å²) in [6, 6.07) is 7.64. The molecule has 4 heterocycles. The van der Waals surface area contributed by atoms with E-state index in [1.807, 2.05) is 56.7 Å². The van der Waals surface area contributed by atoms with Gasteiger partial charge in [-0.25, -0.2) is 4.98 Å². The molecule has 0 unspecified atom stereocenters. The monoisotopic (exact) mass is 380 g/mol. The number of thiophene rings is 1. The van der Waals surface area contributed by atoms with Crippen molar-refractivity contribution in [2.45, 2.75) is 26.4 Å². The van der Waals surface area contributed by atoms with Crippen molar-refractivity contribution < 1.29 is 4.79 Å². The summed E-state index contributed by atoms with van der Waals surface area (Å²) >= 11 is 1.60. The fourth-order valence-electron chi connectivity index (χ4n) is 3.21. The van der Waals surface area contributed by atoms with Crippen LogP contribution >= 0.6 is 11.3 Å². The minimum absolute atomic E-state index is 0.0669. The number of hydrogen-bond acceptors (Lipinski definition) is 5. The molecule has 0 radical (unpaired) electrons. The molecule has 0 aliphatic heterocycles. The molecule has 4 aromatic rings. The highest BCUT2D eigenvalue weighted by molar-refractivity contribution is 7.13. The standard InChI is InChI=1S/C19H20N6OS/c1-12(11-25-8-5-7-20-25)21-19(26)14-10-15(16-6-4-9-27-16)22-18-17(14)13(2)23-24(18)3/h4-10,12H,11H2,1-3H3,(H,21,26)/t12-/m1/s1. The molecule has 138 valence electrons. The van der Waals surface area contributed by atoms with Crippen LogP contribution in [0.25, 0.3) is 21.6 Å². The number of nitrogens with one attached hydrogen (secondary N) is 1. The first-order chi connectivity index (χ1) is 13.0. The molecule has 27 heavy (non-hydrogen) atoms. The Hall–Kier alpha value is -3.00. The molecule has 4 rings (SSSR count). The Morgan fingerprint density at radius 2 is 2.22 bits per heavy atom. The molecule has 0 saturated heterocycles. The Labute approximate surface area is 160 Å². The third-order valence-electron chi connectivity index (χ3n) is 4.38. The minimum Gasteiger partial charge on any atom is -0.348 e. The van der Waals surface area contributed by atoms with Crippen LogP contribution in [-0.4, -0.2) is 36.5 Å². The van der Waals surface area contributed by atoms with Crippen molar-refractivity contribution in [3.05, 3.63) is 53.3 Å². The summed E-state index contributed by atoms with van der Waals surface area (Å²) in [5, 5.41) is 14.5. The molecular formula is C19H20N6OS. The normalized spacial score (nSPS) is 12.4. The van der Waals surface area contributed by atoms with Gasteiger partial charge in [-0.05, 0) is 37.4 Å². The molecular weight excluding hydrogens is 360 g/mol. The maximum Gasteiger partial charge on any atom is 0.252 e. The van der Waals surface area contributed by atoms with E-state index in [9.17, 15) is 4.79 Å². The van der Waals surface area contributed by atoms with Crippen LogP contribution in [0.3, 0.4) is 0 Å². The average Bonchev–Trinajstić information content (AvgIpc) is 3.37. The SMILES string of the molecule is Cc1nn(C)c2nc(-c3cccs3)cc(C(=O)N[C@H](C)Cn3cccn3)c12. The van der Waals surface area contributed by atoms with Crippen molar-refractivity contribution >= 4 is 28.3 Å². The maximum absolute atomic E-state index is 13.1. The van der Waals surface area contributed by atoms with Crippen LogP contribution in [0.1, 0.15) is 23.0 Å². The number of pyridine rings is 1. The van der Waals surface area contributed by atoms with Crippen LogP contribution in [0.15, 0.2) is 42.0 Å². The average molecular weight is 380 g/mol. The fourth-order valence-corrected chi connectivity index (χ4v) is 3.90. The first kappa shape index (κ1) is 17.4. The van der Waals surface area contributed by atoms with E-state index in [0.717, 1.165) is 21.7 Å². The third kappa shape index (κ3) is 3.35. The van der Waals surface area contributed by atoms with E-state index in [0.29, 0.717) is 17.8 Å². The number of rotatable bonds is 5. The summed E-state index contributed by atoms with van der Waals surface area (Å²) in [6.45, 7) is 4.48. The van der Waals surface area contributed by atoms with Crippen molar-refractivity contribution in [1.29, 1.82) is 0 Å². The molecule has 0 saturated carbocycles. The van der Waals surface area contributed by atoms with Crippen molar-refractivity contribution in [3.8, 4) is 10.6 Å². The highest BCUT2D eigenvalue weighted by Gasteiger charge is 2.20. The zero-order valence-corrected chi connectivity index (χ0v) is 16.2. The quantitative estimate of drug-likeness (QED) is 0.577. The van der Waals surface area contributed by atoms with Gasteiger partial charge in [-0.2, -0.15) is 10.2 Å². The Kier molecular flexibility index (Phi) is 4.49. The van der Waals surface area contributed by atoms with Gasteiger partial charge in [-0.1, -0.05) is 6.07 Å². The van der Waals surface area contributed by atoms with E-state index in [1.165, 1.54) is 0 Å². The molecule has 7 nitrogen and oxygen atoms in total. The van der Waals surface area contributed by atoms with E-state index in [1.54, 1.807) is 26.9 Å². The largest absolute Gasteiger partial charge is 0.348 e. The Bertz CT molecular complexity index is 1080. The Balaban J connectivity index is 1.71. The lowest BCUT2D eigenvalue weighted by molar-refractivity contribution is 0.0937. The predicted molar refractivity (Wildman–Crippen MR) is 106 cm³/mol. The number of amides is 1. The number of nitrogens with zero attached hydrogens (tertiary/aromatic N) is 5. The van der Waals surface area contributed by atoms with Crippen molar-refractivity contribution in [2.24, 2.45) is 7.05 Å². The van der Waals surface area contributed by atoms with Gasteiger partial charge < -0.3 is 5.32 Å². The van der Waals surface area contributed by atoms with Crippen LogP contribution in [0.5, 0.6) is 0 Å². The van der Waals surface area contributed by atoms with Crippen molar-refractivity contribution in [3.63, 3.8) is 0 Å². The second kappa shape index (κ2) is 6.96. The summed E-state index contributed by atoms with van der Waals surface area (Å²) in [7, 11) is 1.85. The summed E-state index contributed by atoms with van der Waals surface area (Å²) < 4.78 is 3.53. The second-order valence-corrected chi connectivity index (χ2v) is 7.49. The lowest BCUT2D eigenvalue weighted by Gasteiger charge is -2.15. The zero-order chi connectivity index (χ0) is 19.0. The van der Waals surface area contributed by atoms with Crippen LogP contribution in [0.2, 0.25) is 0 Å². The van der Waals surface area contributed by atoms with Gasteiger partial charge in [0.05, 0.1) is 33.8 Å². The molecule has 0 aliphatic rings. The predicted octanol–water partition coefficient (Wildman–Crippen LogP) is 3.02. The summed E-state index contributed by atoms with van der Waals surface area (Å²) in [6.07, 6.45) is 3.61. The Morgan fingerprint density at radius 3 is 2.93 bits per heavy atom. The smallest absolute Gasteiger partial charge is 0.252 e. The molecule has 0 aliphatic carbocycles. The summed E-state index contributed by atoms with van der Waals surface area (Å²) in [4.78, 5) is 18.8. The fraction of sp³-hybridized carbons (Fsp3) is 0.263. The van der Waals surface area contributed by atoms with Gasteiger partial charge in [-0.3, -0.25) is 14.2 Å². The van der Waals surface area contributed by atoms with Gasteiger partial charge in [0.15, 0.2) is 5.65 Å². The number of hydrogen-bond donors (Lipinski definition) is 1. The van der Waals surface area contributed by atoms with Crippen molar-refractivity contribution in [2.75, 3.05) is 0 Å². The number of carbonyl (C=O) groups is 1. The summed E-state index contributed by atoms with van der Waals surface area (Å²) in [5.41, 5.74) is 2.89. The second-order valence-electron chi connectivity index (χ2n) is 6.54. The number of aryl methyl sites for hydroxylation is 2. The van der Waals surface area contributed by atoms with Crippen molar-refractivity contribution in [1.82, 2.24) is 29.9 Å². The van der Waals surface area contributed by atoms with E-state index in [2.05, 4.69) is 15.5 Å². The van der Waals surface area contributed by atoms with Gasteiger partial charge in [0.25, 0.3) is 5.91 Å². The molecule has 4 aromatic heterocycles. The van der Waals surface area contributed by atoms with Crippen LogP contribution in [0.4, 0.5) is 0 Å². The van der Waals surface area contributed by atoms with Crippen LogP contribution < -0.4 is 5.32 Å². The van der Waals surface area contributed by atoms with Gasteiger partial charge in [0.1, 0.15) is 0 Å². The topological polar surface area (TPSA) is 77.6 Å². The molecule has 1 N–H and O–H groups in total. The van der Waals surface area contributed by atoms with Crippen LogP contribution in [-0.2, 0) is 13.6 Å². The molecule has 1 atom stereocenters. The summed E-state index contributed by atoms with van der Waals surface area (Å²) in [5.74, 6) is -0.129. The molecule has 0 fully saturated rings.